The highest BCUT2D eigenvalue weighted by Crippen LogP contribution is 2.23. The predicted molar refractivity (Wildman–Crippen MR) is 102 cm³/mol. The number of nitrogens with zero attached hydrogens (tertiary/aromatic N) is 1. The Balaban J connectivity index is 1.72. The third-order valence-corrected chi connectivity index (χ3v) is 4.60. The number of amides is 1. The first-order valence-electron chi connectivity index (χ1n) is 8.32. The topological polar surface area (TPSA) is 34.0 Å². The molecular formula is C21H21ClN2O. The third-order valence-electron chi connectivity index (χ3n) is 4.23. The number of hydrogen-bond donors (Lipinski definition) is 1. The van der Waals surface area contributed by atoms with Crippen molar-refractivity contribution in [2.24, 2.45) is 0 Å². The minimum absolute atomic E-state index is 0.000117. The molecule has 2 aromatic carbocycles. The molecule has 0 fully saturated rings. The van der Waals surface area contributed by atoms with E-state index in [0.717, 1.165) is 11.1 Å². The largest absolute Gasteiger partial charge is 0.352 e. The number of hydrogen-bond acceptors (Lipinski definition) is 1. The summed E-state index contributed by atoms with van der Waals surface area (Å²) in [5, 5.41) is 3.65. The van der Waals surface area contributed by atoms with Gasteiger partial charge in [0.15, 0.2) is 0 Å². The van der Waals surface area contributed by atoms with E-state index in [-0.39, 0.29) is 11.9 Å². The summed E-state index contributed by atoms with van der Waals surface area (Å²) in [5.41, 5.74) is 3.24. The molecule has 0 saturated carbocycles. The standard InChI is InChI=1S/C21H21ClN2O/c1-16-7-6-9-17(13-16)20(24-11-4-5-12-24)14-21(25)23-15-18-8-2-3-10-19(18)22/h2-13,20H,14-15H2,1H3,(H,23,25)/t20-/m0/s1. The van der Waals surface area contributed by atoms with Crippen molar-refractivity contribution in [2.75, 3.05) is 0 Å². The number of halogens is 1. The minimum Gasteiger partial charge on any atom is -0.352 e. The quantitative estimate of drug-likeness (QED) is 0.682. The van der Waals surface area contributed by atoms with Gasteiger partial charge in [0, 0.05) is 24.0 Å². The second-order valence-corrected chi connectivity index (χ2v) is 6.54. The Morgan fingerprint density at radius 1 is 1.08 bits per heavy atom. The average molecular weight is 353 g/mol. The first kappa shape index (κ1) is 17.3. The molecule has 0 aliphatic carbocycles. The van der Waals surface area contributed by atoms with Crippen molar-refractivity contribution in [2.45, 2.75) is 25.9 Å². The van der Waals surface area contributed by atoms with Crippen LogP contribution in [0.3, 0.4) is 0 Å². The normalized spacial score (nSPS) is 11.9. The summed E-state index contributed by atoms with van der Waals surface area (Å²) >= 11 is 6.15. The van der Waals surface area contributed by atoms with E-state index in [0.29, 0.717) is 18.0 Å². The van der Waals surface area contributed by atoms with Crippen molar-refractivity contribution in [3.63, 3.8) is 0 Å². The van der Waals surface area contributed by atoms with Crippen molar-refractivity contribution in [1.82, 2.24) is 9.88 Å². The Kier molecular flexibility index (Phi) is 5.56. The molecular weight excluding hydrogens is 332 g/mol. The van der Waals surface area contributed by atoms with E-state index in [1.165, 1.54) is 5.56 Å². The summed E-state index contributed by atoms with van der Waals surface area (Å²) in [6.45, 7) is 2.50. The monoisotopic (exact) mass is 352 g/mol. The SMILES string of the molecule is Cc1cccc([C@H](CC(=O)NCc2ccccc2Cl)n2cccc2)c1. The fourth-order valence-corrected chi connectivity index (χ4v) is 3.11. The van der Waals surface area contributed by atoms with Gasteiger partial charge in [-0.3, -0.25) is 4.79 Å². The van der Waals surface area contributed by atoms with Gasteiger partial charge in [0.05, 0.1) is 12.5 Å². The third kappa shape index (κ3) is 4.52. The van der Waals surface area contributed by atoms with Gasteiger partial charge in [0.2, 0.25) is 5.91 Å². The zero-order valence-electron chi connectivity index (χ0n) is 14.2. The molecule has 0 saturated heterocycles. The van der Waals surface area contributed by atoms with Crippen LogP contribution in [0.1, 0.15) is 29.2 Å². The van der Waals surface area contributed by atoms with Gasteiger partial charge in [-0.05, 0) is 36.2 Å². The van der Waals surface area contributed by atoms with Crippen molar-refractivity contribution in [1.29, 1.82) is 0 Å². The Hall–Kier alpha value is -2.52. The molecule has 1 N–H and O–H groups in total. The number of nitrogens with one attached hydrogen (secondary N) is 1. The number of aromatic nitrogens is 1. The summed E-state index contributed by atoms with van der Waals surface area (Å²) in [5.74, 6) is 0.000117. The lowest BCUT2D eigenvalue weighted by Gasteiger charge is -2.20. The van der Waals surface area contributed by atoms with Crippen LogP contribution >= 0.6 is 11.6 Å². The molecule has 128 valence electrons. The summed E-state index contributed by atoms with van der Waals surface area (Å²) in [4.78, 5) is 12.5. The van der Waals surface area contributed by atoms with Crippen molar-refractivity contribution < 1.29 is 4.79 Å². The zero-order valence-corrected chi connectivity index (χ0v) is 14.9. The lowest BCUT2D eigenvalue weighted by molar-refractivity contribution is -0.121. The number of rotatable bonds is 6. The summed E-state index contributed by atoms with van der Waals surface area (Å²) in [6, 6.07) is 19.8. The van der Waals surface area contributed by atoms with E-state index in [1.54, 1.807) is 0 Å². The summed E-state index contributed by atoms with van der Waals surface area (Å²) in [6.07, 6.45) is 4.37. The van der Waals surface area contributed by atoms with Crippen LogP contribution in [0.4, 0.5) is 0 Å². The highest BCUT2D eigenvalue weighted by molar-refractivity contribution is 6.31. The van der Waals surface area contributed by atoms with Gasteiger partial charge < -0.3 is 9.88 Å². The van der Waals surface area contributed by atoms with E-state index in [2.05, 4.69) is 35.0 Å². The Labute approximate surface area is 153 Å². The molecule has 0 unspecified atom stereocenters. The highest BCUT2D eigenvalue weighted by atomic mass is 35.5. The first-order chi connectivity index (χ1) is 12.1. The number of aryl methyl sites for hydroxylation is 1. The van der Waals surface area contributed by atoms with Crippen LogP contribution in [0.2, 0.25) is 5.02 Å². The van der Waals surface area contributed by atoms with Crippen molar-refractivity contribution in [3.05, 3.63) is 94.8 Å². The maximum Gasteiger partial charge on any atom is 0.222 e. The molecule has 1 atom stereocenters. The van der Waals surface area contributed by atoms with Crippen LogP contribution in [-0.2, 0) is 11.3 Å². The van der Waals surface area contributed by atoms with Crippen LogP contribution in [0.15, 0.2) is 73.1 Å². The molecule has 1 amide bonds. The molecule has 3 aromatic rings. The number of carbonyl (C=O) groups is 1. The molecule has 1 heterocycles. The average Bonchev–Trinajstić information content (AvgIpc) is 3.13. The molecule has 1 aromatic heterocycles. The molecule has 0 aliphatic heterocycles. The number of benzene rings is 2. The van der Waals surface area contributed by atoms with Crippen molar-refractivity contribution in [3.8, 4) is 0 Å². The number of carbonyl (C=O) groups excluding carboxylic acids is 1. The van der Waals surface area contributed by atoms with Gasteiger partial charge in [-0.2, -0.15) is 0 Å². The van der Waals surface area contributed by atoms with E-state index < -0.39 is 0 Å². The van der Waals surface area contributed by atoms with E-state index in [4.69, 9.17) is 11.6 Å². The predicted octanol–water partition coefficient (Wildman–Crippen LogP) is 4.75. The van der Waals surface area contributed by atoms with Crippen LogP contribution in [0.25, 0.3) is 0 Å². The highest BCUT2D eigenvalue weighted by Gasteiger charge is 2.17. The maximum atomic E-state index is 12.5. The molecule has 0 spiro atoms. The van der Waals surface area contributed by atoms with Crippen LogP contribution in [-0.4, -0.2) is 10.5 Å². The summed E-state index contributed by atoms with van der Waals surface area (Å²) < 4.78 is 2.07. The Bertz CT molecular complexity index is 843. The lowest BCUT2D eigenvalue weighted by Crippen LogP contribution is -2.26. The van der Waals surface area contributed by atoms with Gasteiger partial charge in [-0.1, -0.05) is 59.6 Å². The fraction of sp³-hybridized carbons (Fsp3) is 0.190. The molecule has 3 nitrogen and oxygen atoms in total. The molecule has 0 bridgehead atoms. The van der Waals surface area contributed by atoms with Crippen LogP contribution < -0.4 is 5.32 Å². The van der Waals surface area contributed by atoms with Crippen molar-refractivity contribution >= 4 is 17.5 Å². The molecule has 0 aliphatic rings. The van der Waals surface area contributed by atoms with Gasteiger partial charge in [-0.15, -0.1) is 0 Å². The van der Waals surface area contributed by atoms with Crippen LogP contribution in [0.5, 0.6) is 0 Å². The Morgan fingerprint density at radius 3 is 2.56 bits per heavy atom. The van der Waals surface area contributed by atoms with Gasteiger partial charge >= 0.3 is 0 Å². The molecule has 3 rings (SSSR count). The second kappa shape index (κ2) is 8.04. The molecule has 25 heavy (non-hydrogen) atoms. The Morgan fingerprint density at radius 2 is 1.84 bits per heavy atom. The molecule has 0 radical (unpaired) electrons. The van der Waals surface area contributed by atoms with Crippen LogP contribution in [0, 0.1) is 6.92 Å². The van der Waals surface area contributed by atoms with Gasteiger partial charge in [0.1, 0.15) is 0 Å². The first-order valence-corrected chi connectivity index (χ1v) is 8.70. The fourth-order valence-electron chi connectivity index (χ4n) is 2.91. The molecule has 4 heteroatoms. The smallest absolute Gasteiger partial charge is 0.222 e. The van der Waals surface area contributed by atoms with Gasteiger partial charge in [0.25, 0.3) is 0 Å². The minimum atomic E-state index is -0.0267. The van der Waals surface area contributed by atoms with Gasteiger partial charge in [-0.25, -0.2) is 0 Å². The second-order valence-electron chi connectivity index (χ2n) is 6.13. The van der Waals surface area contributed by atoms with E-state index >= 15 is 0 Å². The zero-order chi connectivity index (χ0) is 17.6. The van der Waals surface area contributed by atoms with E-state index in [1.807, 2.05) is 54.9 Å². The lowest BCUT2D eigenvalue weighted by atomic mass is 10.0. The summed E-state index contributed by atoms with van der Waals surface area (Å²) in [7, 11) is 0. The maximum absolute atomic E-state index is 12.5. The van der Waals surface area contributed by atoms with E-state index in [9.17, 15) is 4.79 Å².